The van der Waals surface area contributed by atoms with Crippen LogP contribution in [-0.4, -0.2) is 77.7 Å². The van der Waals surface area contributed by atoms with Crippen LogP contribution < -0.4 is 14.5 Å². The summed E-state index contributed by atoms with van der Waals surface area (Å²) in [6, 6.07) is 12.8. The Morgan fingerprint density at radius 2 is 1.88 bits per heavy atom. The first-order valence-electron chi connectivity index (χ1n) is 11.9. The molecule has 3 aliphatic rings. The number of hydrogen-bond acceptors (Lipinski definition) is 5. The highest BCUT2D eigenvalue weighted by Gasteiger charge is 2.45. The second-order valence-corrected chi connectivity index (χ2v) is 11.4. The molecule has 34 heavy (non-hydrogen) atoms. The third-order valence-corrected chi connectivity index (χ3v) is 9.05. The minimum atomic E-state index is -3.56. The number of quaternary nitrogens is 1. The number of nitrogens with one attached hydrogen (secondary N) is 1. The molecule has 182 valence electrons. The molecular formula is C25H32N3O5S+. The summed E-state index contributed by atoms with van der Waals surface area (Å²) in [6.07, 6.45) is 0.962. The smallest absolute Gasteiger partial charge is 0.265 e. The van der Waals surface area contributed by atoms with Crippen molar-refractivity contribution < 1.29 is 27.6 Å². The number of carbonyl (C=O) groups is 1. The monoisotopic (exact) mass is 486 g/mol. The second-order valence-electron chi connectivity index (χ2n) is 9.48. The van der Waals surface area contributed by atoms with Gasteiger partial charge in [0.05, 0.1) is 50.2 Å². The lowest BCUT2D eigenvalue weighted by Crippen LogP contribution is -3.11. The molecule has 0 saturated carbocycles. The molecule has 5 rings (SSSR count). The Labute approximate surface area is 201 Å². The average molecular weight is 487 g/mol. The van der Waals surface area contributed by atoms with Crippen LogP contribution in [0.1, 0.15) is 23.5 Å². The fraction of sp³-hybridized carbons (Fsp3) is 0.480. The summed E-state index contributed by atoms with van der Waals surface area (Å²) in [4.78, 5) is 17.0. The lowest BCUT2D eigenvalue weighted by Gasteiger charge is -2.34. The molecule has 3 heterocycles. The number of likely N-dealkylation sites (tertiary alicyclic amines) is 1. The quantitative estimate of drug-likeness (QED) is 0.677. The van der Waals surface area contributed by atoms with Crippen LogP contribution in [0, 0.1) is 6.92 Å². The lowest BCUT2D eigenvalue weighted by molar-refractivity contribution is -0.886. The number of amides is 1. The average Bonchev–Trinajstić information content (AvgIpc) is 3.16. The third kappa shape index (κ3) is 4.33. The fourth-order valence-electron chi connectivity index (χ4n) is 5.38. The third-order valence-electron chi connectivity index (χ3n) is 7.14. The Hall–Kier alpha value is -2.46. The number of sulfonamides is 1. The number of piperidine rings is 1. The minimum Gasteiger partial charge on any atom is -0.484 e. The molecule has 0 aliphatic carbocycles. The van der Waals surface area contributed by atoms with Crippen LogP contribution in [-0.2, 0) is 19.6 Å². The van der Waals surface area contributed by atoms with Gasteiger partial charge in [0.25, 0.3) is 5.91 Å². The van der Waals surface area contributed by atoms with E-state index in [4.69, 9.17) is 9.47 Å². The van der Waals surface area contributed by atoms with Crippen molar-refractivity contribution in [2.45, 2.75) is 30.2 Å². The molecule has 0 spiro atoms. The largest absolute Gasteiger partial charge is 0.484 e. The number of benzene rings is 2. The standard InChI is InChI=1S/C25H31N3O5S/c1-18-3-8-23-21(15-18)22-16-26(2)10-9-24(22)28(23)25(29)17-33-19-4-6-20(7-5-19)34(30,31)27-11-13-32-14-12-27/h3-8,15,22,24H,9-14,16-17H2,1-2H3/p+1/t22-,24-/m0/s1. The predicted octanol–water partition coefficient (Wildman–Crippen LogP) is 0.812. The molecule has 3 aliphatic heterocycles. The SMILES string of the molecule is Cc1ccc2c(c1)[C@@H]1C[NH+](C)CC[C@@H]1N2C(=O)COc1ccc(S(=O)(=O)N2CCOCC2)cc1. The van der Waals surface area contributed by atoms with Gasteiger partial charge in [-0.1, -0.05) is 17.7 Å². The van der Waals surface area contributed by atoms with E-state index in [0.717, 1.165) is 25.2 Å². The zero-order valence-electron chi connectivity index (χ0n) is 19.7. The Morgan fingerprint density at radius 1 is 1.15 bits per heavy atom. The van der Waals surface area contributed by atoms with Crippen molar-refractivity contribution >= 4 is 21.6 Å². The highest BCUT2D eigenvalue weighted by molar-refractivity contribution is 7.89. The van der Waals surface area contributed by atoms with Crippen molar-refractivity contribution in [1.29, 1.82) is 0 Å². The van der Waals surface area contributed by atoms with Gasteiger partial charge in [-0.3, -0.25) is 4.79 Å². The van der Waals surface area contributed by atoms with Gasteiger partial charge in [-0.25, -0.2) is 8.42 Å². The van der Waals surface area contributed by atoms with Crippen LogP contribution in [0.5, 0.6) is 5.75 Å². The maximum Gasteiger partial charge on any atom is 0.265 e. The summed E-state index contributed by atoms with van der Waals surface area (Å²) in [5.74, 6) is 0.751. The van der Waals surface area contributed by atoms with E-state index in [0.29, 0.717) is 38.0 Å². The topological polar surface area (TPSA) is 80.6 Å². The highest BCUT2D eigenvalue weighted by Crippen LogP contribution is 2.43. The molecule has 3 atom stereocenters. The number of aryl methyl sites for hydroxylation is 1. The highest BCUT2D eigenvalue weighted by atomic mass is 32.2. The first-order chi connectivity index (χ1) is 16.3. The number of ether oxygens (including phenoxy) is 2. The van der Waals surface area contributed by atoms with E-state index in [9.17, 15) is 13.2 Å². The molecule has 2 saturated heterocycles. The molecule has 2 aromatic rings. The van der Waals surface area contributed by atoms with Crippen LogP contribution in [0.25, 0.3) is 0 Å². The zero-order chi connectivity index (χ0) is 23.9. The van der Waals surface area contributed by atoms with Crippen molar-refractivity contribution in [3.05, 3.63) is 53.6 Å². The molecule has 1 unspecified atom stereocenters. The van der Waals surface area contributed by atoms with Gasteiger partial charge in [0.2, 0.25) is 10.0 Å². The summed E-state index contributed by atoms with van der Waals surface area (Å²) in [5, 5.41) is 0. The number of hydrogen-bond donors (Lipinski definition) is 1. The number of fused-ring (bicyclic) bond motifs is 3. The van der Waals surface area contributed by atoms with Crippen molar-refractivity contribution in [2.75, 3.05) is 57.9 Å². The Kier molecular flexibility index (Phi) is 6.37. The van der Waals surface area contributed by atoms with E-state index in [1.54, 1.807) is 12.1 Å². The molecule has 2 aromatic carbocycles. The van der Waals surface area contributed by atoms with E-state index in [1.807, 2.05) is 4.90 Å². The van der Waals surface area contributed by atoms with E-state index in [2.05, 4.69) is 32.2 Å². The molecule has 2 fully saturated rings. The van der Waals surface area contributed by atoms with Crippen molar-refractivity contribution in [1.82, 2.24) is 4.31 Å². The molecule has 1 amide bonds. The minimum absolute atomic E-state index is 0.0674. The molecule has 9 heteroatoms. The molecule has 0 aromatic heterocycles. The predicted molar refractivity (Wildman–Crippen MR) is 128 cm³/mol. The second kappa shape index (κ2) is 9.30. The van der Waals surface area contributed by atoms with Crippen molar-refractivity contribution in [3.63, 3.8) is 0 Å². The molecule has 8 nitrogen and oxygen atoms in total. The van der Waals surface area contributed by atoms with Gasteiger partial charge in [0, 0.05) is 25.2 Å². The first-order valence-corrected chi connectivity index (χ1v) is 13.3. The number of likely N-dealkylation sites (N-methyl/N-ethyl adjacent to an activating group) is 1. The Bertz CT molecular complexity index is 1160. The van der Waals surface area contributed by atoms with Gasteiger partial charge in [-0.15, -0.1) is 0 Å². The molecule has 0 bridgehead atoms. The van der Waals surface area contributed by atoms with E-state index < -0.39 is 10.0 Å². The summed E-state index contributed by atoms with van der Waals surface area (Å²) in [7, 11) is -1.35. The molecule has 1 N–H and O–H groups in total. The number of nitrogens with zero attached hydrogens (tertiary/aromatic N) is 2. The Balaban J connectivity index is 1.28. The maximum absolute atomic E-state index is 13.3. The molecule has 0 radical (unpaired) electrons. The van der Waals surface area contributed by atoms with Crippen molar-refractivity contribution in [2.24, 2.45) is 0 Å². The van der Waals surface area contributed by atoms with Crippen LogP contribution in [0.4, 0.5) is 5.69 Å². The zero-order valence-corrected chi connectivity index (χ0v) is 20.5. The molecular weight excluding hydrogens is 454 g/mol. The number of morpholine rings is 1. The van der Waals surface area contributed by atoms with Gasteiger partial charge in [0.15, 0.2) is 6.61 Å². The number of rotatable bonds is 5. The summed E-state index contributed by atoms with van der Waals surface area (Å²) in [5.41, 5.74) is 3.46. The van der Waals surface area contributed by atoms with E-state index in [1.165, 1.54) is 32.5 Å². The van der Waals surface area contributed by atoms with Gasteiger partial charge < -0.3 is 19.3 Å². The normalized spacial score (nSPS) is 25.0. The van der Waals surface area contributed by atoms with Gasteiger partial charge >= 0.3 is 0 Å². The van der Waals surface area contributed by atoms with Gasteiger partial charge in [-0.2, -0.15) is 4.31 Å². The number of anilines is 1. The van der Waals surface area contributed by atoms with Crippen LogP contribution in [0.2, 0.25) is 0 Å². The fourth-order valence-corrected chi connectivity index (χ4v) is 6.79. The first kappa shape index (κ1) is 23.3. The Morgan fingerprint density at radius 3 is 2.62 bits per heavy atom. The van der Waals surface area contributed by atoms with Gasteiger partial charge in [0.1, 0.15) is 5.75 Å². The number of carbonyl (C=O) groups excluding carboxylic acids is 1. The van der Waals surface area contributed by atoms with Crippen LogP contribution in [0.15, 0.2) is 47.4 Å². The van der Waals surface area contributed by atoms with E-state index >= 15 is 0 Å². The van der Waals surface area contributed by atoms with Crippen LogP contribution in [0.3, 0.4) is 0 Å². The maximum atomic E-state index is 13.3. The summed E-state index contributed by atoms with van der Waals surface area (Å²) < 4.78 is 38.1. The van der Waals surface area contributed by atoms with E-state index in [-0.39, 0.29) is 23.5 Å². The van der Waals surface area contributed by atoms with Crippen LogP contribution >= 0.6 is 0 Å². The van der Waals surface area contributed by atoms with Gasteiger partial charge in [-0.05, 0) is 42.8 Å². The summed E-state index contributed by atoms with van der Waals surface area (Å²) in [6.45, 7) is 5.57. The lowest BCUT2D eigenvalue weighted by atomic mass is 9.89. The van der Waals surface area contributed by atoms with Crippen molar-refractivity contribution in [3.8, 4) is 5.75 Å². The summed E-state index contributed by atoms with van der Waals surface area (Å²) >= 11 is 0.